The number of hydrogen-bond acceptors (Lipinski definition) is 5. The fraction of sp³-hybridized carbons (Fsp3) is 0.167. The van der Waals surface area contributed by atoms with Crippen LogP contribution < -0.4 is 14.8 Å². The SMILES string of the molecule is CCOc1cc(/C=C(\C#N)C(=O)NCc2ccco2)ccc1OCc1ccc(Cl)cc1. The van der Waals surface area contributed by atoms with Crippen LogP contribution in [0.4, 0.5) is 0 Å². The molecule has 158 valence electrons. The van der Waals surface area contributed by atoms with E-state index in [0.29, 0.717) is 41.1 Å². The van der Waals surface area contributed by atoms with Crippen LogP contribution in [0, 0.1) is 11.3 Å². The number of amides is 1. The van der Waals surface area contributed by atoms with Crippen molar-refractivity contribution in [3.8, 4) is 17.6 Å². The zero-order valence-electron chi connectivity index (χ0n) is 16.9. The second-order valence-corrected chi connectivity index (χ2v) is 6.92. The van der Waals surface area contributed by atoms with Gasteiger partial charge in [0, 0.05) is 5.02 Å². The molecule has 6 nitrogen and oxygen atoms in total. The van der Waals surface area contributed by atoms with Gasteiger partial charge < -0.3 is 19.2 Å². The van der Waals surface area contributed by atoms with Crippen LogP contribution in [0.25, 0.3) is 6.08 Å². The van der Waals surface area contributed by atoms with Crippen LogP contribution in [-0.4, -0.2) is 12.5 Å². The highest BCUT2D eigenvalue weighted by atomic mass is 35.5. The lowest BCUT2D eigenvalue weighted by Gasteiger charge is -2.13. The first-order chi connectivity index (χ1) is 15.1. The largest absolute Gasteiger partial charge is 0.490 e. The van der Waals surface area contributed by atoms with Gasteiger partial charge in [-0.25, -0.2) is 0 Å². The highest BCUT2D eigenvalue weighted by Gasteiger charge is 2.12. The molecule has 0 unspecified atom stereocenters. The van der Waals surface area contributed by atoms with Gasteiger partial charge in [-0.2, -0.15) is 5.26 Å². The second-order valence-electron chi connectivity index (χ2n) is 6.49. The third-order valence-electron chi connectivity index (χ3n) is 4.25. The number of nitrogens with one attached hydrogen (secondary N) is 1. The summed E-state index contributed by atoms with van der Waals surface area (Å²) in [4.78, 5) is 12.3. The first-order valence-electron chi connectivity index (χ1n) is 9.65. The molecule has 0 spiro atoms. The van der Waals surface area contributed by atoms with Gasteiger partial charge in [-0.15, -0.1) is 0 Å². The molecule has 0 atom stereocenters. The Morgan fingerprint density at radius 1 is 1.16 bits per heavy atom. The number of rotatable bonds is 9. The first kappa shape index (κ1) is 22.0. The van der Waals surface area contributed by atoms with Gasteiger partial charge in [-0.05, 0) is 60.5 Å². The molecule has 0 aliphatic rings. The number of halogens is 1. The van der Waals surface area contributed by atoms with Crippen LogP contribution in [-0.2, 0) is 17.9 Å². The predicted molar refractivity (Wildman–Crippen MR) is 118 cm³/mol. The van der Waals surface area contributed by atoms with Gasteiger partial charge in [0.05, 0.1) is 19.4 Å². The number of carbonyl (C=O) groups excluding carboxylic acids is 1. The summed E-state index contributed by atoms with van der Waals surface area (Å²) in [5.41, 5.74) is 1.59. The number of carbonyl (C=O) groups is 1. The molecule has 0 aliphatic heterocycles. The first-order valence-corrected chi connectivity index (χ1v) is 10.0. The number of nitrogens with zero attached hydrogens (tertiary/aromatic N) is 1. The zero-order valence-corrected chi connectivity index (χ0v) is 17.7. The summed E-state index contributed by atoms with van der Waals surface area (Å²) in [5.74, 6) is 1.21. The van der Waals surface area contributed by atoms with Gasteiger partial charge >= 0.3 is 0 Å². The molecular formula is C24H21ClN2O4. The molecule has 0 saturated carbocycles. The molecule has 1 amide bonds. The molecule has 2 aromatic carbocycles. The van der Waals surface area contributed by atoms with E-state index in [1.165, 1.54) is 12.3 Å². The number of hydrogen-bond donors (Lipinski definition) is 1. The molecule has 3 rings (SSSR count). The predicted octanol–water partition coefficient (Wildman–Crippen LogP) is 5.13. The molecule has 31 heavy (non-hydrogen) atoms. The number of nitriles is 1. The van der Waals surface area contributed by atoms with E-state index in [1.807, 2.05) is 25.1 Å². The Balaban J connectivity index is 1.72. The van der Waals surface area contributed by atoms with E-state index in [0.717, 1.165) is 5.56 Å². The lowest BCUT2D eigenvalue weighted by Crippen LogP contribution is -2.23. The van der Waals surface area contributed by atoms with E-state index >= 15 is 0 Å². The third-order valence-corrected chi connectivity index (χ3v) is 4.51. The van der Waals surface area contributed by atoms with Crippen LogP contribution in [0.3, 0.4) is 0 Å². The topological polar surface area (TPSA) is 84.5 Å². The Morgan fingerprint density at radius 3 is 2.65 bits per heavy atom. The molecule has 0 saturated heterocycles. The van der Waals surface area contributed by atoms with E-state index in [9.17, 15) is 10.1 Å². The van der Waals surface area contributed by atoms with E-state index in [1.54, 1.807) is 42.5 Å². The van der Waals surface area contributed by atoms with Crippen molar-refractivity contribution in [1.29, 1.82) is 5.26 Å². The van der Waals surface area contributed by atoms with Crippen molar-refractivity contribution in [3.05, 3.63) is 88.3 Å². The van der Waals surface area contributed by atoms with Gasteiger partial charge in [0.15, 0.2) is 11.5 Å². The Labute approximate surface area is 185 Å². The minimum Gasteiger partial charge on any atom is -0.490 e. The maximum Gasteiger partial charge on any atom is 0.262 e. The van der Waals surface area contributed by atoms with E-state index in [-0.39, 0.29) is 12.1 Å². The second kappa shape index (κ2) is 10.9. The summed E-state index contributed by atoms with van der Waals surface area (Å²) < 4.78 is 16.7. The Bertz CT molecular complexity index is 1080. The van der Waals surface area contributed by atoms with Crippen LogP contribution in [0.2, 0.25) is 5.02 Å². The number of ether oxygens (including phenoxy) is 2. The van der Waals surface area contributed by atoms with Gasteiger partial charge in [-0.3, -0.25) is 4.79 Å². The van der Waals surface area contributed by atoms with Crippen molar-refractivity contribution < 1.29 is 18.7 Å². The molecule has 1 heterocycles. The van der Waals surface area contributed by atoms with Gasteiger partial charge in [0.25, 0.3) is 5.91 Å². The van der Waals surface area contributed by atoms with Crippen LogP contribution in [0.5, 0.6) is 11.5 Å². The van der Waals surface area contributed by atoms with Crippen molar-refractivity contribution in [1.82, 2.24) is 5.32 Å². The van der Waals surface area contributed by atoms with Crippen LogP contribution in [0.15, 0.2) is 70.9 Å². The molecule has 7 heteroatoms. The smallest absolute Gasteiger partial charge is 0.262 e. The quantitative estimate of drug-likeness (QED) is 0.371. The van der Waals surface area contributed by atoms with Crippen molar-refractivity contribution in [3.63, 3.8) is 0 Å². The summed E-state index contributed by atoms with van der Waals surface area (Å²) >= 11 is 5.91. The molecule has 3 aromatic rings. The van der Waals surface area contributed by atoms with E-state index in [4.69, 9.17) is 25.5 Å². The number of benzene rings is 2. The normalized spacial score (nSPS) is 10.9. The summed E-state index contributed by atoms with van der Waals surface area (Å²) in [5, 5.41) is 12.7. The van der Waals surface area contributed by atoms with Crippen LogP contribution >= 0.6 is 11.6 Å². The standard InChI is InChI=1S/C24H21ClN2O4/c1-2-29-23-13-18(7-10-22(23)31-16-17-5-8-20(25)9-6-17)12-19(14-26)24(28)27-15-21-4-3-11-30-21/h3-13H,2,15-16H2,1H3,(H,27,28)/b19-12+. The Hall–Kier alpha value is -3.69. The van der Waals surface area contributed by atoms with Crippen molar-refractivity contribution in [2.24, 2.45) is 0 Å². The Morgan fingerprint density at radius 2 is 1.97 bits per heavy atom. The zero-order chi connectivity index (χ0) is 22.1. The monoisotopic (exact) mass is 436 g/mol. The van der Waals surface area contributed by atoms with Gasteiger partial charge in [0.2, 0.25) is 0 Å². The maximum atomic E-state index is 12.3. The molecule has 1 aromatic heterocycles. The third kappa shape index (κ3) is 6.39. The van der Waals surface area contributed by atoms with Gasteiger partial charge in [0.1, 0.15) is 24.0 Å². The molecule has 1 N–H and O–H groups in total. The van der Waals surface area contributed by atoms with Crippen molar-refractivity contribution in [2.45, 2.75) is 20.1 Å². The van der Waals surface area contributed by atoms with Crippen LogP contribution in [0.1, 0.15) is 23.8 Å². The minimum absolute atomic E-state index is 0.0242. The summed E-state index contributed by atoms with van der Waals surface area (Å²) in [7, 11) is 0. The highest BCUT2D eigenvalue weighted by Crippen LogP contribution is 2.30. The Kier molecular flexibility index (Phi) is 7.74. The fourth-order valence-electron chi connectivity index (χ4n) is 2.73. The average Bonchev–Trinajstić information content (AvgIpc) is 3.30. The molecule has 0 radical (unpaired) electrons. The molecule has 0 fully saturated rings. The number of furan rings is 1. The maximum absolute atomic E-state index is 12.3. The lowest BCUT2D eigenvalue weighted by atomic mass is 10.1. The summed E-state index contributed by atoms with van der Waals surface area (Å²) in [6.07, 6.45) is 3.03. The minimum atomic E-state index is -0.486. The van der Waals surface area contributed by atoms with Crippen molar-refractivity contribution >= 4 is 23.6 Å². The average molecular weight is 437 g/mol. The van der Waals surface area contributed by atoms with Gasteiger partial charge in [-0.1, -0.05) is 29.8 Å². The molecule has 0 aliphatic carbocycles. The van der Waals surface area contributed by atoms with Crippen molar-refractivity contribution in [2.75, 3.05) is 6.61 Å². The summed E-state index contributed by atoms with van der Waals surface area (Å²) in [6.45, 7) is 2.87. The summed E-state index contributed by atoms with van der Waals surface area (Å²) in [6, 6.07) is 18.0. The lowest BCUT2D eigenvalue weighted by molar-refractivity contribution is -0.117. The molecular weight excluding hydrogens is 416 g/mol. The highest BCUT2D eigenvalue weighted by molar-refractivity contribution is 6.30. The van der Waals surface area contributed by atoms with E-state index in [2.05, 4.69) is 5.32 Å². The van der Waals surface area contributed by atoms with E-state index < -0.39 is 5.91 Å². The fourth-order valence-corrected chi connectivity index (χ4v) is 2.86. The molecule has 0 bridgehead atoms.